The summed E-state index contributed by atoms with van der Waals surface area (Å²) < 4.78 is 25.0. The van der Waals surface area contributed by atoms with E-state index in [1.807, 2.05) is 50.4 Å². The Hall–Kier alpha value is -1.80. The molecule has 2 aliphatic rings. The molecule has 2 aromatic rings. The van der Waals surface area contributed by atoms with Gasteiger partial charge in [-0.25, -0.2) is 4.68 Å². The molecule has 7 nitrogen and oxygen atoms in total. The normalized spacial score (nSPS) is 31.3. The molecule has 4 atom stereocenters. The average Bonchev–Trinajstić information content (AvgIpc) is 3.23. The van der Waals surface area contributed by atoms with Gasteiger partial charge in [-0.2, -0.15) is 0 Å². The smallest absolute Gasteiger partial charge is 0.186 e. The van der Waals surface area contributed by atoms with Crippen molar-refractivity contribution in [3.8, 4) is 11.3 Å². The molecule has 2 fully saturated rings. The summed E-state index contributed by atoms with van der Waals surface area (Å²) >= 11 is 0. The number of methoxy groups -OCH3 is 1. The highest BCUT2D eigenvalue weighted by molar-refractivity contribution is 5.57. The number of rotatable bonds is 4. The fraction of sp³-hybridized carbons (Fsp3) is 0.529. The van der Waals surface area contributed by atoms with Gasteiger partial charge in [0.1, 0.15) is 24.0 Å². The van der Waals surface area contributed by atoms with Crippen molar-refractivity contribution in [2.45, 2.75) is 50.8 Å². The van der Waals surface area contributed by atoms with E-state index in [-0.39, 0.29) is 18.3 Å². The Kier molecular flexibility index (Phi) is 3.88. The predicted octanol–water partition coefficient (Wildman–Crippen LogP) is 1.84. The standard InChI is InChI=1S/C17H21N3O4/c1-17(2)23-14-13(22-16(21-3)15(14)24-17)10-20-9-12(18-19-20)11-7-5-4-6-8-11/h4-9,13-16H,10H2,1-3H3/t13-,14?,15?,16-/m1/s1. The molecule has 0 radical (unpaired) electrons. The Morgan fingerprint density at radius 2 is 1.92 bits per heavy atom. The second-order valence-corrected chi connectivity index (χ2v) is 6.54. The average molecular weight is 331 g/mol. The van der Waals surface area contributed by atoms with Gasteiger partial charge < -0.3 is 18.9 Å². The van der Waals surface area contributed by atoms with E-state index < -0.39 is 12.1 Å². The molecule has 0 N–H and O–H groups in total. The fourth-order valence-electron chi connectivity index (χ4n) is 3.29. The maximum atomic E-state index is 5.99. The minimum Gasteiger partial charge on any atom is -0.353 e. The molecule has 1 aromatic heterocycles. The topological polar surface area (TPSA) is 67.6 Å². The van der Waals surface area contributed by atoms with Crippen LogP contribution in [-0.4, -0.2) is 52.5 Å². The summed E-state index contributed by atoms with van der Waals surface area (Å²) in [7, 11) is 1.61. The van der Waals surface area contributed by atoms with Crippen LogP contribution in [0.2, 0.25) is 0 Å². The first-order valence-corrected chi connectivity index (χ1v) is 8.05. The van der Waals surface area contributed by atoms with E-state index in [0.29, 0.717) is 6.54 Å². The van der Waals surface area contributed by atoms with Crippen molar-refractivity contribution >= 4 is 0 Å². The summed E-state index contributed by atoms with van der Waals surface area (Å²) in [5, 5.41) is 8.44. The quantitative estimate of drug-likeness (QED) is 0.851. The van der Waals surface area contributed by atoms with Gasteiger partial charge in [-0.05, 0) is 13.8 Å². The lowest BCUT2D eigenvalue weighted by molar-refractivity contribution is -0.228. The lowest BCUT2D eigenvalue weighted by Crippen LogP contribution is -2.33. The van der Waals surface area contributed by atoms with Crippen LogP contribution >= 0.6 is 0 Å². The van der Waals surface area contributed by atoms with Crippen molar-refractivity contribution in [3.63, 3.8) is 0 Å². The zero-order valence-corrected chi connectivity index (χ0v) is 14.0. The Labute approximate surface area is 140 Å². The van der Waals surface area contributed by atoms with Crippen molar-refractivity contribution in [3.05, 3.63) is 36.5 Å². The van der Waals surface area contributed by atoms with E-state index in [4.69, 9.17) is 18.9 Å². The summed E-state index contributed by atoms with van der Waals surface area (Å²) in [5.41, 5.74) is 1.86. The summed E-state index contributed by atoms with van der Waals surface area (Å²) in [6, 6.07) is 9.95. The first kappa shape index (κ1) is 15.7. The van der Waals surface area contributed by atoms with E-state index in [1.54, 1.807) is 11.8 Å². The van der Waals surface area contributed by atoms with E-state index in [0.717, 1.165) is 11.3 Å². The Morgan fingerprint density at radius 3 is 2.67 bits per heavy atom. The van der Waals surface area contributed by atoms with Crippen LogP contribution < -0.4 is 0 Å². The lowest BCUT2D eigenvalue weighted by Gasteiger charge is -2.23. The molecule has 0 amide bonds. The van der Waals surface area contributed by atoms with E-state index in [2.05, 4.69) is 10.3 Å². The van der Waals surface area contributed by atoms with Crippen molar-refractivity contribution in [1.82, 2.24) is 15.0 Å². The zero-order chi connectivity index (χ0) is 16.7. The summed E-state index contributed by atoms with van der Waals surface area (Å²) in [6.45, 7) is 4.33. The molecule has 0 saturated carbocycles. The van der Waals surface area contributed by atoms with E-state index in [1.165, 1.54) is 0 Å². The molecule has 2 aliphatic heterocycles. The molecule has 0 spiro atoms. The number of hydrogen-bond donors (Lipinski definition) is 0. The summed E-state index contributed by atoms with van der Waals surface area (Å²) in [4.78, 5) is 0. The molecule has 24 heavy (non-hydrogen) atoms. The summed E-state index contributed by atoms with van der Waals surface area (Å²) in [6.07, 6.45) is 0.863. The third-order valence-corrected chi connectivity index (χ3v) is 4.31. The molecule has 2 unspecified atom stereocenters. The largest absolute Gasteiger partial charge is 0.353 e. The molecule has 7 heteroatoms. The van der Waals surface area contributed by atoms with E-state index in [9.17, 15) is 0 Å². The first-order chi connectivity index (χ1) is 11.6. The Balaban J connectivity index is 1.50. The molecule has 2 saturated heterocycles. The molecule has 128 valence electrons. The van der Waals surface area contributed by atoms with Gasteiger partial charge in [0.05, 0.1) is 12.7 Å². The predicted molar refractivity (Wildman–Crippen MR) is 85.0 cm³/mol. The highest BCUT2D eigenvalue weighted by Gasteiger charge is 2.55. The van der Waals surface area contributed by atoms with Gasteiger partial charge in [0.25, 0.3) is 0 Å². The fourth-order valence-corrected chi connectivity index (χ4v) is 3.29. The van der Waals surface area contributed by atoms with Gasteiger partial charge in [0, 0.05) is 12.7 Å². The van der Waals surface area contributed by atoms with Gasteiger partial charge in [-0.15, -0.1) is 5.10 Å². The van der Waals surface area contributed by atoms with Gasteiger partial charge in [0.2, 0.25) is 0 Å². The SMILES string of the molecule is CO[C@@H]1O[C@H](Cn2cc(-c3ccccc3)nn2)C2OC(C)(C)OC21. The maximum absolute atomic E-state index is 5.99. The monoisotopic (exact) mass is 331 g/mol. The second kappa shape index (κ2) is 5.93. The second-order valence-electron chi connectivity index (χ2n) is 6.54. The number of nitrogens with zero attached hydrogens (tertiary/aromatic N) is 3. The van der Waals surface area contributed by atoms with Gasteiger partial charge >= 0.3 is 0 Å². The number of aromatic nitrogens is 3. The van der Waals surface area contributed by atoms with Crippen LogP contribution in [0.15, 0.2) is 36.5 Å². The van der Waals surface area contributed by atoms with Crippen LogP contribution in [0.3, 0.4) is 0 Å². The van der Waals surface area contributed by atoms with Crippen LogP contribution in [-0.2, 0) is 25.5 Å². The van der Waals surface area contributed by atoms with Crippen molar-refractivity contribution in [2.75, 3.05) is 7.11 Å². The third-order valence-electron chi connectivity index (χ3n) is 4.31. The third kappa shape index (κ3) is 2.84. The van der Waals surface area contributed by atoms with Crippen molar-refractivity contribution in [2.24, 2.45) is 0 Å². The number of fused-ring (bicyclic) bond motifs is 1. The molecule has 3 heterocycles. The van der Waals surface area contributed by atoms with Crippen LogP contribution in [0.5, 0.6) is 0 Å². The Morgan fingerprint density at radius 1 is 1.17 bits per heavy atom. The van der Waals surface area contributed by atoms with Gasteiger partial charge in [-0.1, -0.05) is 35.5 Å². The minimum atomic E-state index is -0.633. The van der Waals surface area contributed by atoms with Gasteiger partial charge in [0.15, 0.2) is 12.1 Å². The van der Waals surface area contributed by atoms with Crippen LogP contribution in [0.1, 0.15) is 13.8 Å². The first-order valence-electron chi connectivity index (χ1n) is 8.05. The van der Waals surface area contributed by atoms with Crippen LogP contribution in [0, 0.1) is 0 Å². The number of hydrogen-bond acceptors (Lipinski definition) is 6. The molecular weight excluding hydrogens is 310 g/mol. The number of benzene rings is 1. The van der Waals surface area contributed by atoms with E-state index >= 15 is 0 Å². The number of ether oxygens (including phenoxy) is 4. The minimum absolute atomic E-state index is 0.186. The molecular formula is C17H21N3O4. The summed E-state index contributed by atoms with van der Waals surface area (Å²) in [5.74, 6) is -0.633. The maximum Gasteiger partial charge on any atom is 0.186 e. The lowest BCUT2D eigenvalue weighted by atomic mass is 10.1. The van der Waals surface area contributed by atoms with Crippen LogP contribution in [0.25, 0.3) is 11.3 Å². The van der Waals surface area contributed by atoms with Crippen molar-refractivity contribution in [1.29, 1.82) is 0 Å². The molecule has 0 aliphatic carbocycles. The zero-order valence-electron chi connectivity index (χ0n) is 14.0. The Bertz CT molecular complexity index is 703. The van der Waals surface area contributed by atoms with Crippen molar-refractivity contribution < 1.29 is 18.9 Å². The molecule has 1 aromatic carbocycles. The molecule has 4 rings (SSSR count). The van der Waals surface area contributed by atoms with Gasteiger partial charge in [-0.3, -0.25) is 0 Å². The highest BCUT2D eigenvalue weighted by atomic mass is 16.8. The molecule has 0 bridgehead atoms. The highest BCUT2D eigenvalue weighted by Crippen LogP contribution is 2.39. The van der Waals surface area contributed by atoms with Crippen LogP contribution in [0.4, 0.5) is 0 Å².